The van der Waals surface area contributed by atoms with Gasteiger partial charge in [0.2, 0.25) is 5.79 Å². The first-order valence-corrected chi connectivity index (χ1v) is 6.26. The molecule has 0 amide bonds. The minimum atomic E-state index is -0.771. The van der Waals surface area contributed by atoms with E-state index in [1.54, 1.807) is 14.2 Å². The fourth-order valence-electron chi connectivity index (χ4n) is 2.58. The summed E-state index contributed by atoms with van der Waals surface area (Å²) in [5.41, 5.74) is 4.69. The minimum Gasteiger partial charge on any atom is -0.346 e. The van der Waals surface area contributed by atoms with E-state index < -0.39 is 5.79 Å². The highest BCUT2D eigenvalue weighted by Crippen LogP contribution is 2.38. The Kier molecular flexibility index (Phi) is 2.81. The molecule has 0 unspecified atom stereocenters. The summed E-state index contributed by atoms with van der Waals surface area (Å²) in [7, 11) is 5.36. The number of ether oxygens (including phenoxy) is 2. The Bertz CT molecular complexity index is 595. The lowest BCUT2D eigenvalue weighted by Crippen LogP contribution is -2.34. The predicted octanol–water partition coefficient (Wildman–Crippen LogP) is 2.96. The van der Waals surface area contributed by atoms with Crippen molar-refractivity contribution in [2.75, 3.05) is 26.2 Å². The van der Waals surface area contributed by atoms with Gasteiger partial charge in [0, 0.05) is 38.7 Å². The molecule has 0 aromatic heterocycles. The summed E-state index contributed by atoms with van der Waals surface area (Å²) in [6.45, 7) is 0. The number of hydrogen-bond donors (Lipinski definition) is 0. The topological polar surface area (TPSA) is 21.7 Å². The summed E-state index contributed by atoms with van der Waals surface area (Å²) < 4.78 is 10.9. The zero-order valence-corrected chi connectivity index (χ0v) is 11.4. The van der Waals surface area contributed by atoms with Crippen LogP contribution in [0.5, 0.6) is 0 Å². The van der Waals surface area contributed by atoms with Crippen molar-refractivity contribution in [3.63, 3.8) is 0 Å². The van der Waals surface area contributed by atoms with Crippen molar-refractivity contribution in [3.05, 3.63) is 59.3 Å². The van der Waals surface area contributed by atoms with E-state index >= 15 is 0 Å². The predicted molar refractivity (Wildman–Crippen MR) is 76.8 cm³/mol. The van der Waals surface area contributed by atoms with Crippen molar-refractivity contribution >= 4 is 11.8 Å². The molecule has 1 aliphatic carbocycles. The Morgan fingerprint density at radius 2 is 1.84 bits per heavy atom. The minimum absolute atomic E-state index is 0.771. The van der Waals surface area contributed by atoms with Crippen molar-refractivity contribution < 1.29 is 9.47 Å². The number of hydrogen-bond acceptors (Lipinski definition) is 3. The van der Waals surface area contributed by atoms with E-state index in [4.69, 9.17) is 9.47 Å². The maximum Gasteiger partial charge on any atom is 0.210 e. The molecule has 1 aromatic carbocycles. The maximum absolute atomic E-state index is 5.47. The first kappa shape index (κ1) is 12.2. The molecular weight excluding hydrogens is 238 g/mol. The van der Waals surface area contributed by atoms with E-state index in [1.807, 2.05) is 18.2 Å². The van der Waals surface area contributed by atoms with Gasteiger partial charge in [-0.2, -0.15) is 0 Å². The van der Waals surface area contributed by atoms with Gasteiger partial charge >= 0.3 is 0 Å². The van der Waals surface area contributed by atoms with Gasteiger partial charge in [-0.25, -0.2) is 0 Å². The van der Waals surface area contributed by atoms with Crippen LogP contribution in [0.4, 0.5) is 5.69 Å². The molecule has 0 bridgehead atoms. The van der Waals surface area contributed by atoms with Crippen LogP contribution in [-0.2, 0) is 9.47 Å². The number of allylic oxidation sites excluding steroid dienone is 1. The quantitative estimate of drug-likeness (QED) is 0.758. The molecular formula is C16H17NO2. The van der Waals surface area contributed by atoms with E-state index in [2.05, 4.69) is 42.3 Å². The number of fused-ring (bicyclic) bond motifs is 2. The molecule has 0 fully saturated rings. The normalized spacial score (nSPS) is 19.4. The van der Waals surface area contributed by atoms with Crippen LogP contribution in [0.15, 0.2) is 53.8 Å². The van der Waals surface area contributed by atoms with Gasteiger partial charge in [-0.3, -0.25) is 0 Å². The molecule has 19 heavy (non-hydrogen) atoms. The van der Waals surface area contributed by atoms with Gasteiger partial charge in [-0.15, -0.1) is 0 Å². The summed E-state index contributed by atoms with van der Waals surface area (Å²) in [4.78, 5) is 2.17. The fourth-order valence-corrected chi connectivity index (χ4v) is 2.58. The van der Waals surface area contributed by atoms with Crippen LogP contribution >= 0.6 is 0 Å². The highest BCUT2D eigenvalue weighted by molar-refractivity contribution is 5.81. The second-order valence-corrected chi connectivity index (χ2v) is 4.71. The maximum atomic E-state index is 5.47. The molecule has 0 N–H and O–H groups in total. The molecule has 0 saturated heterocycles. The van der Waals surface area contributed by atoms with Crippen molar-refractivity contribution in [1.29, 1.82) is 0 Å². The van der Waals surface area contributed by atoms with Crippen molar-refractivity contribution in [1.82, 2.24) is 0 Å². The number of anilines is 1. The van der Waals surface area contributed by atoms with Gasteiger partial charge in [0.1, 0.15) is 0 Å². The second-order valence-electron chi connectivity index (χ2n) is 4.71. The van der Waals surface area contributed by atoms with E-state index in [0.717, 1.165) is 5.70 Å². The van der Waals surface area contributed by atoms with Crippen LogP contribution in [-0.4, -0.2) is 27.1 Å². The highest BCUT2D eigenvalue weighted by atomic mass is 16.7. The Morgan fingerprint density at radius 3 is 2.58 bits per heavy atom. The standard InChI is InChI=1S/C16H17NO2/c1-17-14-7-5-4-6-12(14)10-13-8-9-16(18-2,19-3)11-15(13)17/h4-11H,1-3H3. The molecule has 98 valence electrons. The lowest BCUT2D eigenvalue weighted by atomic mass is 9.94. The third kappa shape index (κ3) is 1.82. The molecule has 2 aliphatic rings. The molecule has 0 atom stereocenters. The lowest BCUT2D eigenvalue weighted by Gasteiger charge is -2.36. The summed E-state index contributed by atoms with van der Waals surface area (Å²) in [5.74, 6) is -0.771. The van der Waals surface area contributed by atoms with Crippen LogP contribution in [0.1, 0.15) is 5.56 Å². The van der Waals surface area contributed by atoms with Crippen LogP contribution in [0.3, 0.4) is 0 Å². The van der Waals surface area contributed by atoms with Gasteiger partial charge in [0.15, 0.2) is 0 Å². The Labute approximate surface area is 113 Å². The highest BCUT2D eigenvalue weighted by Gasteiger charge is 2.31. The monoisotopic (exact) mass is 255 g/mol. The molecule has 1 aliphatic heterocycles. The van der Waals surface area contributed by atoms with Crippen molar-refractivity contribution in [2.45, 2.75) is 5.79 Å². The summed E-state index contributed by atoms with van der Waals surface area (Å²) in [6, 6.07) is 8.34. The third-order valence-electron chi connectivity index (χ3n) is 3.74. The number of likely N-dealkylation sites (N-methyl/N-ethyl adjacent to an activating group) is 1. The first-order valence-electron chi connectivity index (χ1n) is 6.26. The van der Waals surface area contributed by atoms with E-state index in [9.17, 15) is 0 Å². The smallest absolute Gasteiger partial charge is 0.210 e. The molecule has 0 saturated carbocycles. The zero-order valence-electron chi connectivity index (χ0n) is 11.4. The average Bonchev–Trinajstić information content (AvgIpc) is 2.47. The molecule has 0 spiro atoms. The van der Waals surface area contributed by atoms with Gasteiger partial charge in [0.25, 0.3) is 0 Å². The van der Waals surface area contributed by atoms with Gasteiger partial charge < -0.3 is 14.4 Å². The Morgan fingerprint density at radius 1 is 1.11 bits per heavy atom. The number of benzene rings is 1. The molecule has 3 rings (SSSR count). The van der Waals surface area contributed by atoms with Gasteiger partial charge in [-0.05, 0) is 29.4 Å². The summed E-state index contributed by atoms with van der Waals surface area (Å²) >= 11 is 0. The van der Waals surface area contributed by atoms with Crippen LogP contribution in [0, 0.1) is 0 Å². The van der Waals surface area contributed by atoms with E-state index in [0.29, 0.717) is 0 Å². The van der Waals surface area contributed by atoms with E-state index in [1.165, 1.54) is 16.8 Å². The summed E-state index contributed by atoms with van der Waals surface area (Å²) in [6.07, 6.45) is 8.18. The number of nitrogens with zero attached hydrogens (tertiary/aromatic N) is 1. The van der Waals surface area contributed by atoms with Gasteiger partial charge in [0.05, 0.1) is 0 Å². The number of para-hydroxylation sites is 1. The van der Waals surface area contributed by atoms with E-state index in [-0.39, 0.29) is 0 Å². The lowest BCUT2D eigenvalue weighted by molar-refractivity contribution is -0.134. The molecule has 3 nitrogen and oxygen atoms in total. The number of methoxy groups -OCH3 is 2. The van der Waals surface area contributed by atoms with Crippen molar-refractivity contribution in [3.8, 4) is 0 Å². The zero-order chi connectivity index (χ0) is 13.5. The Balaban J connectivity index is 2.13. The average molecular weight is 255 g/mol. The van der Waals surface area contributed by atoms with Crippen LogP contribution in [0.2, 0.25) is 0 Å². The molecule has 3 heteroatoms. The third-order valence-corrected chi connectivity index (χ3v) is 3.74. The molecule has 0 radical (unpaired) electrons. The first-order chi connectivity index (χ1) is 9.19. The largest absolute Gasteiger partial charge is 0.346 e. The molecule has 1 aromatic rings. The summed E-state index contributed by atoms with van der Waals surface area (Å²) in [5, 5.41) is 0. The Hall–Kier alpha value is -1.84. The SMILES string of the molecule is COC1(OC)C=CC2=Cc3ccccc3N(C)C2=C1. The van der Waals surface area contributed by atoms with Crippen LogP contribution < -0.4 is 4.90 Å². The number of rotatable bonds is 2. The van der Waals surface area contributed by atoms with Crippen molar-refractivity contribution in [2.24, 2.45) is 0 Å². The van der Waals surface area contributed by atoms with Crippen LogP contribution in [0.25, 0.3) is 6.08 Å². The van der Waals surface area contributed by atoms with Gasteiger partial charge in [-0.1, -0.05) is 24.3 Å². The second kappa shape index (κ2) is 4.37. The fraction of sp³-hybridized carbons (Fsp3) is 0.250. The molecule has 1 heterocycles.